The first-order valence-corrected chi connectivity index (χ1v) is 7.83. The van der Waals surface area contributed by atoms with Crippen LogP contribution in [0.2, 0.25) is 5.02 Å². The van der Waals surface area contributed by atoms with Gasteiger partial charge in [0.15, 0.2) is 5.65 Å². The number of hydrogen-bond acceptors (Lipinski definition) is 4. The maximum absolute atomic E-state index is 14.0. The summed E-state index contributed by atoms with van der Waals surface area (Å²) in [5.41, 5.74) is 0.375. The molecule has 0 fully saturated rings. The van der Waals surface area contributed by atoms with Gasteiger partial charge < -0.3 is 10.4 Å². The van der Waals surface area contributed by atoms with E-state index >= 15 is 0 Å². The van der Waals surface area contributed by atoms with Crippen molar-refractivity contribution in [2.45, 2.75) is 6.92 Å². The highest BCUT2D eigenvalue weighted by atomic mass is 127. The van der Waals surface area contributed by atoms with Crippen LogP contribution in [0.4, 0.5) is 15.8 Å². The van der Waals surface area contributed by atoms with Crippen LogP contribution in [0.15, 0.2) is 24.4 Å². The van der Waals surface area contributed by atoms with E-state index in [-0.39, 0.29) is 22.0 Å². The number of fused-ring (bicyclic) bond motifs is 1. The van der Waals surface area contributed by atoms with E-state index in [0.29, 0.717) is 11.5 Å². The lowest BCUT2D eigenvalue weighted by molar-refractivity contribution is 0.0697. The van der Waals surface area contributed by atoms with Crippen LogP contribution in [-0.4, -0.2) is 25.7 Å². The second-order valence-electron chi connectivity index (χ2n) is 4.73. The van der Waals surface area contributed by atoms with Gasteiger partial charge in [-0.1, -0.05) is 11.6 Å². The van der Waals surface area contributed by atoms with Crippen LogP contribution in [0.1, 0.15) is 16.2 Å². The molecule has 2 aromatic heterocycles. The molecule has 0 aliphatic rings. The second-order valence-corrected chi connectivity index (χ2v) is 6.35. The van der Waals surface area contributed by atoms with Crippen molar-refractivity contribution in [3.8, 4) is 0 Å². The Balaban J connectivity index is 2.21. The first-order chi connectivity index (χ1) is 10.9. The maximum atomic E-state index is 14.0. The Hall–Kier alpha value is -1.94. The second kappa shape index (κ2) is 5.93. The number of aromatic carboxylic acids is 1. The number of aryl methyl sites for hydroxylation is 1. The van der Waals surface area contributed by atoms with Gasteiger partial charge in [-0.2, -0.15) is 0 Å². The SMILES string of the molecule is Cc1nnc2c(Cl)c(Nc3ccc(I)cc3F)c(C(=O)O)cn12. The van der Waals surface area contributed by atoms with Crippen molar-refractivity contribution in [2.75, 3.05) is 5.32 Å². The Morgan fingerprint density at radius 2 is 2.17 bits per heavy atom. The van der Waals surface area contributed by atoms with Crippen LogP contribution in [0, 0.1) is 16.3 Å². The van der Waals surface area contributed by atoms with Crippen LogP contribution in [0.3, 0.4) is 0 Å². The summed E-state index contributed by atoms with van der Waals surface area (Å²) in [5, 5.41) is 20.0. The number of carboxylic acids is 1. The van der Waals surface area contributed by atoms with Crippen LogP contribution in [-0.2, 0) is 0 Å². The molecule has 3 rings (SSSR count). The molecule has 3 aromatic rings. The number of aromatic nitrogens is 3. The Morgan fingerprint density at radius 3 is 2.83 bits per heavy atom. The zero-order valence-corrected chi connectivity index (χ0v) is 14.6. The van der Waals surface area contributed by atoms with E-state index in [0.717, 1.165) is 3.57 Å². The first kappa shape index (κ1) is 15.9. The predicted molar refractivity (Wildman–Crippen MR) is 92.1 cm³/mol. The third-order valence-corrected chi connectivity index (χ3v) is 4.26. The Labute approximate surface area is 148 Å². The molecular formula is C14H9ClFIN4O2. The van der Waals surface area contributed by atoms with Gasteiger partial charge in [-0.3, -0.25) is 4.40 Å². The molecule has 6 nitrogen and oxygen atoms in total. The molecule has 23 heavy (non-hydrogen) atoms. The molecule has 1 aromatic carbocycles. The average molecular weight is 447 g/mol. The van der Waals surface area contributed by atoms with Crippen molar-refractivity contribution in [3.63, 3.8) is 0 Å². The van der Waals surface area contributed by atoms with E-state index < -0.39 is 11.8 Å². The smallest absolute Gasteiger partial charge is 0.339 e. The van der Waals surface area contributed by atoms with Gasteiger partial charge in [0, 0.05) is 9.77 Å². The van der Waals surface area contributed by atoms with Crippen LogP contribution >= 0.6 is 34.2 Å². The van der Waals surface area contributed by atoms with E-state index in [4.69, 9.17) is 11.6 Å². The number of benzene rings is 1. The van der Waals surface area contributed by atoms with Crippen molar-refractivity contribution >= 4 is 57.2 Å². The van der Waals surface area contributed by atoms with Gasteiger partial charge in [-0.25, -0.2) is 9.18 Å². The molecule has 9 heteroatoms. The summed E-state index contributed by atoms with van der Waals surface area (Å²) in [7, 11) is 0. The number of halogens is 3. The molecule has 2 heterocycles. The first-order valence-electron chi connectivity index (χ1n) is 6.37. The number of nitrogens with zero attached hydrogens (tertiary/aromatic N) is 3. The Morgan fingerprint density at radius 1 is 1.43 bits per heavy atom. The summed E-state index contributed by atoms with van der Waals surface area (Å²) in [4.78, 5) is 11.5. The molecule has 0 saturated carbocycles. The monoisotopic (exact) mass is 446 g/mol. The topological polar surface area (TPSA) is 79.5 Å². The fraction of sp³-hybridized carbons (Fsp3) is 0.0714. The van der Waals surface area contributed by atoms with Gasteiger partial charge in [0.1, 0.15) is 22.2 Å². The normalized spacial score (nSPS) is 11.0. The van der Waals surface area contributed by atoms with E-state index in [9.17, 15) is 14.3 Å². The number of hydrogen-bond donors (Lipinski definition) is 2. The number of anilines is 2. The maximum Gasteiger partial charge on any atom is 0.339 e. The largest absolute Gasteiger partial charge is 0.478 e. The third kappa shape index (κ3) is 2.83. The summed E-state index contributed by atoms with van der Waals surface area (Å²) >= 11 is 8.25. The fourth-order valence-electron chi connectivity index (χ4n) is 2.11. The molecule has 118 valence electrons. The van der Waals surface area contributed by atoms with Gasteiger partial charge in [-0.05, 0) is 47.7 Å². The minimum absolute atomic E-state index is 0.0588. The zero-order chi connectivity index (χ0) is 16.7. The van der Waals surface area contributed by atoms with Gasteiger partial charge in [0.05, 0.1) is 11.4 Å². The van der Waals surface area contributed by atoms with Crippen molar-refractivity contribution < 1.29 is 14.3 Å². The number of rotatable bonds is 3. The molecule has 0 radical (unpaired) electrons. The lowest BCUT2D eigenvalue weighted by Crippen LogP contribution is -2.07. The molecule has 0 aliphatic heterocycles. The summed E-state index contributed by atoms with van der Waals surface area (Å²) in [6.45, 7) is 1.67. The number of pyridine rings is 1. The zero-order valence-electron chi connectivity index (χ0n) is 11.6. The van der Waals surface area contributed by atoms with Crippen LogP contribution in [0.5, 0.6) is 0 Å². The van der Waals surface area contributed by atoms with E-state index in [1.165, 1.54) is 22.7 Å². The van der Waals surface area contributed by atoms with Crippen LogP contribution in [0.25, 0.3) is 5.65 Å². The lowest BCUT2D eigenvalue weighted by Gasteiger charge is -2.13. The minimum atomic E-state index is -1.20. The molecule has 0 atom stereocenters. The standard InChI is InChI=1S/C14H9ClFIN4O2/c1-6-19-20-13-11(15)12(8(14(22)23)5-21(6)13)18-10-3-2-7(17)4-9(10)16/h2-5,18H,1H3,(H,22,23). The third-order valence-electron chi connectivity index (χ3n) is 3.23. The molecule has 0 amide bonds. The van der Waals surface area contributed by atoms with Gasteiger partial charge in [0.25, 0.3) is 0 Å². The molecular weight excluding hydrogens is 438 g/mol. The van der Waals surface area contributed by atoms with E-state index in [1.807, 2.05) is 22.6 Å². The quantitative estimate of drug-likeness (QED) is 0.597. The van der Waals surface area contributed by atoms with Gasteiger partial charge >= 0.3 is 5.97 Å². The summed E-state index contributed by atoms with van der Waals surface area (Å²) in [5.74, 6) is -1.21. The van der Waals surface area contributed by atoms with E-state index in [1.54, 1.807) is 13.0 Å². The molecule has 0 spiro atoms. The van der Waals surface area contributed by atoms with Crippen molar-refractivity contribution in [1.82, 2.24) is 14.6 Å². The molecule has 0 aliphatic carbocycles. The number of nitrogens with one attached hydrogen (secondary N) is 1. The summed E-state index contributed by atoms with van der Waals surface area (Å²) in [6, 6.07) is 4.54. The highest BCUT2D eigenvalue weighted by molar-refractivity contribution is 14.1. The minimum Gasteiger partial charge on any atom is -0.478 e. The molecule has 2 N–H and O–H groups in total. The Kier molecular flexibility index (Phi) is 4.11. The predicted octanol–water partition coefficient (Wildman–Crippen LogP) is 3.88. The van der Waals surface area contributed by atoms with Crippen LogP contribution < -0.4 is 5.32 Å². The van der Waals surface area contributed by atoms with Crippen molar-refractivity contribution in [3.05, 3.63) is 50.2 Å². The fourth-order valence-corrected chi connectivity index (χ4v) is 2.84. The van der Waals surface area contributed by atoms with E-state index in [2.05, 4.69) is 15.5 Å². The molecule has 0 saturated heterocycles. The van der Waals surface area contributed by atoms with Crippen molar-refractivity contribution in [2.24, 2.45) is 0 Å². The Bertz CT molecular complexity index is 944. The number of carbonyl (C=O) groups is 1. The summed E-state index contributed by atoms with van der Waals surface area (Å²) in [6.07, 6.45) is 1.35. The summed E-state index contributed by atoms with van der Waals surface area (Å²) < 4.78 is 16.2. The molecule has 0 unspecified atom stereocenters. The van der Waals surface area contributed by atoms with Crippen molar-refractivity contribution in [1.29, 1.82) is 0 Å². The average Bonchev–Trinajstić information content (AvgIpc) is 2.85. The molecule has 0 bridgehead atoms. The van der Waals surface area contributed by atoms with Gasteiger partial charge in [-0.15, -0.1) is 10.2 Å². The highest BCUT2D eigenvalue weighted by Crippen LogP contribution is 2.33. The lowest BCUT2D eigenvalue weighted by atomic mass is 10.2. The highest BCUT2D eigenvalue weighted by Gasteiger charge is 2.20. The van der Waals surface area contributed by atoms with Gasteiger partial charge in [0.2, 0.25) is 0 Å². The number of carboxylic acid groups (broad SMARTS) is 1.